The number of nitrogens with zero attached hydrogens (tertiary/aromatic N) is 1. The van der Waals surface area contributed by atoms with Crippen LogP contribution in [0.25, 0.3) is 10.9 Å². The Bertz CT molecular complexity index is 849. The van der Waals surface area contributed by atoms with Crippen molar-refractivity contribution < 1.29 is 14.6 Å². The van der Waals surface area contributed by atoms with Crippen molar-refractivity contribution in [2.75, 3.05) is 0 Å². The maximum Gasteiger partial charge on any atom is 0.431 e. The number of fused-ring (bicyclic) bond motifs is 1. The third-order valence-corrected chi connectivity index (χ3v) is 3.11. The Kier molecular flexibility index (Phi) is 3.19. The van der Waals surface area contributed by atoms with Crippen molar-refractivity contribution in [2.45, 2.75) is 6.61 Å². The molecule has 0 amide bonds. The van der Waals surface area contributed by atoms with Crippen molar-refractivity contribution in [3.63, 3.8) is 0 Å². The molecule has 0 aliphatic rings. The molecule has 6 nitrogen and oxygen atoms in total. The van der Waals surface area contributed by atoms with Gasteiger partial charge in [0.15, 0.2) is 0 Å². The molecule has 1 aromatic heterocycles. The van der Waals surface area contributed by atoms with Gasteiger partial charge in [0.25, 0.3) is 5.56 Å². The van der Waals surface area contributed by atoms with Gasteiger partial charge in [-0.15, -0.1) is 0 Å². The van der Waals surface area contributed by atoms with Gasteiger partial charge in [0, 0.05) is 6.07 Å². The van der Waals surface area contributed by atoms with E-state index in [0.29, 0.717) is 17.7 Å². The smallest absolute Gasteiger partial charge is 0.431 e. The first kappa shape index (κ1) is 13.0. The third-order valence-electron chi connectivity index (χ3n) is 3.11. The molecule has 21 heavy (non-hydrogen) atoms. The fraction of sp³-hybridized carbons (Fsp3) is 0.0667. The molecular formula is C15H12N2O4. The first-order valence-electron chi connectivity index (χ1n) is 6.30. The molecule has 0 atom stereocenters. The van der Waals surface area contributed by atoms with E-state index in [-0.39, 0.29) is 5.52 Å². The summed E-state index contributed by atoms with van der Waals surface area (Å²) in [4.78, 5) is 22.7. The van der Waals surface area contributed by atoms with Crippen molar-refractivity contribution >= 4 is 17.0 Å². The van der Waals surface area contributed by atoms with Crippen molar-refractivity contribution in [1.82, 2.24) is 9.78 Å². The van der Waals surface area contributed by atoms with Crippen LogP contribution in [-0.2, 0) is 6.61 Å². The molecule has 0 saturated carbocycles. The SMILES string of the molecule is O=C(O)n1[nH]c(=O)c2ccc(OCc3ccccc3)cc21. The number of nitrogens with one attached hydrogen (secondary N) is 1. The van der Waals surface area contributed by atoms with Crippen LogP contribution in [0, 0.1) is 0 Å². The zero-order valence-corrected chi connectivity index (χ0v) is 10.9. The van der Waals surface area contributed by atoms with Crippen LogP contribution >= 0.6 is 0 Å². The minimum atomic E-state index is -1.25. The van der Waals surface area contributed by atoms with Gasteiger partial charge in [-0.3, -0.25) is 9.89 Å². The summed E-state index contributed by atoms with van der Waals surface area (Å²) in [5, 5.41) is 11.6. The number of aromatic nitrogens is 2. The van der Waals surface area contributed by atoms with Gasteiger partial charge >= 0.3 is 6.09 Å². The Morgan fingerprint density at radius 3 is 2.67 bits per heavy atom. The lowest BCUT2D eigenvalue weighted by Gasteiger charge is -2.06. The molecule has 0 fully saturated rings. The lowest BCUT2D eigenvalue weighted by Crippen LogP contribution is -2.12. The fourth-order valence-corrected chi connectivity index (χ4v) is 2.09. The zero-order chi connectivity index (χ0) is 14.8. The second kappa shape index (κ2) is 5.16. The quantitative estimate of drug-likeness (QED) is 0.773. The Hall–Kier alpha value is -3.02. The second-order valence-electron chi connectivity index (χ2n) is 4.51. The monoisotopic (exact) mass is 284 g/mol. The van der Waals surface area contributed by atoms with E-state index in [0.717, 1.165) is 10.2 Å². The van der Waals surface area contributed by atoms with Gasteiger partial charge in [0.1, 0.15) is 12.4 Å². The number of hydrogen-bond donors (Lipinski definition) is 2. The Morgan fingerprint density at radius 1 is 1.19 bits per heavy atom. The average Bonchev–Trinajstić information content (AvgIpc) is 2.83. The highest BCUT2D eigenvalue weighted by atomic mass is 16.5. The topological polar surface area (TPSA) is 84.3 Å². The molecule has 6 heteroatoms. The van der Waals surface area contributed by atoms with Crippen LogP contribution < -0.4 is 10.3 Å². The Morgan fingerprint density at radius 2 is 1.95 bits per heavy atom. The summed E-state index contributed by atoms with van der Waals surface area (Å²) in [5.74, 6) is 0.500. The standard InChI is InChI=1S/C15H12N2O4/c18-14-12-7-6-11(8-13(12)17(16-14)15(19)20)21-9-10-4-2-1-3-5-10/h1-8H,9H2,(H,16,18)(H,19,20). The molecule has 0 aliphatic carbocycles. The maximum atomic E-state index is 11.6. The molecule has 0 radical (unpaired) electrons. The van der Waals surface area contributed by atoms with Crippen LogP contribution in [0.4, 0.5) is 4.79 Å². The van der Waals surface area contributed by atoms with E-state index in [2.05, 4.69) is 5.10 Å². The summed E-state index contributed by atoms with van der Waals surface area (Å²) < 4.78 is 6.41. The lowest BCUT2D eigenvalue weighted by atomic mass is 10.2. The summed E-state index contributed by atoms with van der Waals surface area (Å²) in [7, 11) is 0. The molecule has 2 aromatic carbocycles. The second-order valence-corrected chi connectivity index (χ2v) is 4.51. The number of carbonyl (C=O) groups is 1. The zero-order valence-electron chi connectivity index (χ0n) is 10.9. The van der Waals surface area contributed by atoms with E-state index in [4.69, 9.17) is 9.84 Å². The predicted molar refractivity (Wildman–Crippen MR) is 76.8 cm³/mol. The lowest BCUT2D eigenvalue weighted by molar-refractivity contribution is 0.194. The highest BCUT2D eigenvalue weighted by Crippen LogP contribution is 2.19. The van der Waals surface area contributed by atoms with Crippen molar-refractivity contribution in [1.29, 1.82) is 0 Å². The largest absolute Gasteiger partial charge is 0.489 e. The van der Waals surface area contributed by atoms with Crippen molar-refractivity contribution in [3.05, 3.63) is 64.4 Å². The molecule has 0 spiro atoms. The predicted octanol–water partition coefficient (Wildman–Crippen LogP) is 2.43. The number of hydrogen-bond acceptors (Lipinski definition) is 3. The van der Waals surface area contributed by atoms with Crippen LogP contribution in [0.1, 0.15) is 5.56 Å². The first-order valence-corrected chi connectivity index (χ1v) is 6.30. The van der Waals surface area contributed by atoms with E-state index in [1.165, 1.54) is 6.07 Å². The molecule has 0 saturated heterocycles. The minimum Gasteiger partial charge on any atom is -0.489 e. The van der Waals surface area contributed by atoms with E-state index in [1.807, 2.05) is 30.3 Å². The van der Waals surface area contributed by atoms with Gasteiger partial charge in [0.2, 0.25) is 0 Å². The normalized spacial score (nSPS) is 10.7. The van der Waals surface area contributed by atoms with E-state index < -0.39 is 11.7 Å². The Labute approximate surface area is 119 Å². The number of carboxylic acid groups (broad SMARTS) is 1. The minimum absolute atomic E-state index is 0.276. The van der Waals surface area contributed by atoms with Gasteiger partial charge in [-0.1, -0.05) is 30.3 Å². The van der Waals surface area contributed by atoms with Gasteiger partial charge in [0.05, 0.1) is 10.9 Å². The highest BCUT2D eigenvalue weighted by molar-refractivity contribution is 5.87. The Balaban J connectivity index is 1.92. The first-order chi connectivity index (χ1) is 10.1. The van der Waals surface area contributed by atoms with Crippen LogP contribution in [0.15, 0.2) is 53.3 Å². The van der Waals surface area contributed by atoms with E-state index in [9.17, 15) is 9.59 Å². The summed E-state index contributed by atoms with van der Waals surface area (Å²) in [6.45, 7) is 0.369. The average molecular weight is 284 g/mol. The molecule has 1 heterocycles. The van der Waals surface area contributed by atoms with Crippen molar-refractivity contribution in [2.24, 2.45) is 0 Å². The van der Waals surface area contributed by atoms with Gasteiger partial charge in [-0.05, 0) is 17.7 Å². The molecule has 3 aromatic rings. The van der Waals surface area contributed by atoms with Crippen molar-refractivity contribution in [3.8, 4) is 5.75 Å². The summed E-state index contributed by atoms with van der Waals surface area (Å²) in [6.07, 6.45) is -1.25. The summed E-state index contributed by atoms with van der Waals surface area (Å²) in [6, 6.07) is 14.3. The number of rotatable bonds is 3. The summed E-state index contributed by atoms with van der Waals surface area (Å²) in [5.41, 5.74) is 0.836. The fourth-order valence-electron chi connectivity index (χ4n) is 2.09. The number of H-pyrrole nitrogens is 1. The van der Waals surface area contributed by atoms with Crippen LogP contribution in [0.5, 0.6) is 5.75 Å². The number of benzene rings is 2. The van der Waals surface area contributed by atoms with Crippen LogP contribution in [-0.4, -0.2) is 21.0 Å². The molecule has 0 bridgehead atoms. The highest BCUT2D eigenvalue weighted by Gasteiger charge is 2.12. The molecule has 2 N–H and O–H groups in total. The van der Waals surface area contributed by atoms with Gasteiger partial charge in [-0.25, -0.2) is 4.79 Å². The van der Waals surface area contributed by atoms with Gasteiger partial charge in [-0.2, -0.15) is 4.68 Å². The molecule has 0 aliphatic heterocycles. The maximum absolute atomic E-state index is 11.6. The molecule has 3 rings (SSSR count). The summed E-state index contributed by atoms with van der Waals surface area (Å²) >= 11 is 0. The van der Waals surface area contributed by atoms with E-state index in [1.54, 1.807) is 12.1 Å². The third kappa shape index (κ3) is 2.51. The molecular weight excluding hydrogens is 272 g/mol. The van der Waals surface area contributed by atoms with Crippen LogP contribution in [0.3, 0.4) is 0 Å². The van der Waals surface area contributed by atoms with E-state index >= 15 is 0 Å². The molecule has 106 valence electrons. The van der Waals surface area contributed by atoms with Gasteiger partial charge < -0.3 is 9.84 Å². The van der Waals surface area contributed by atoms with Crippen LogP contribution in [0.2, 0.25) is 0 Å². The number of ether oxygens (including phenoxy) is 1. The number of aromatic amines is 1. The molecule has 0 unspecified atom stereocenters.